The highest BCUT2D eigenvalue weighted by Crippen LogP contribution is 2.38. The van der Waals surface area contributed by atoms with E-state index in [1.54, 1.807) is 15.6 Å². The zero-order chi connectivity index (χ0) is 19.8. The third-order valence-electron chi connectivity index (χ3n) is 4.56. The lowest BCUT2D eigenvalue weighted by Gasteiger charge is -2.31. The van der Waals surface area contributed by atoms with Crippen LogP contribution in [0, 0.1) is 0 Å². The first kappa shape index (κ1) is 18.7. The van der Waals surface area contributed by atoms with Crippen LogP contribution in [0.4, 0.5) is 5.69 Å². The van der Waals surface area contributed by atoms with Crippen molar-refractivity contribution in [2.45, 2.75) is 25.2 Å². The normalized spacial score (nSPS) is 15.1. The van der Waals surface area contributed by atoms with Gasteiger partial charge in [-0.2, -0.15) is 0 Å². The molecule has 0 spiro atoms. The molecule has 4 rings (SSSR count). The number of thioether (sulfide) groups is 1. The average molecular weight is 414 g/mol. The molecule has 8 heteroatoms. The van der Waals surface area contributed by atoms with E-state index in [4.69, 9.17) is 11.6 Å². The summed E-state index contributed by atoms with van der Waals surface area (Å²) in [5.41, 5.74) is 2.16. The maximum atomic E-state index is 13.0. The first-order valence-corrected chi connectivity index (χ1v) is 10.2. The van der Waals surface area contributed by atoms with Gasteiger partial charge in [0.05, 0.1) is 21.8 Å². The molecule has 1 N–H and O–H groups in total. The molecule has 0 saturated carbocycles. The molecule has 0 radical (unpaired) electrons. The van der Waals surface area contributed by atoms with E-state index in [0.29, 0.717) is 32.7 Å². The van der Waals surface area contributed by atoms with Crippen molar-refractivity contribution < 1.29 is 9.48 Å². The van der Waals surface area contributed by atoms with Gasteiger partial charge in [-0.15, -0.1) is 0 Å². The summed E-state index contributed by atoms with van der Waals surface area (Å²) < 4.78 is 1.61. The van der Waals surface area contributed by atoms with Crippen molar-refractivity contribution in [1.82, 2.24) is 10.1 Å². The molecule has 1 aliphatic heterocycles. The van der Waals surface area contributed by atoms with Gasteiger partial charge in [-0.1, -0.05) is 54.6 Å². The van der Waals surface area contributed by atoms with Gasteiger partial charge in [0.15, 0.2) is 0 Å². The van der Waals surface area contributed by atoms with E-state index < -0.39 is 6.17 Å². The lowest BCUT2D eigenvalue weighted by molar-refractivity contribution is -0.763. The Balaban J connectivity index is 2.09. The number of hydrogen-bond donors (Lipinski definition) is 1. The quantitative estimate of drug-likeness (QED) is 0.527. The molecule has 3 aromatic rings. The number of halogens is 1. The minimum absolute atomic E-state index is 0.165. The number of anilines is 1. The molecular formula is C20H18ClN4O2S+. The molecule has 2 heterocycles. The number of carbonyl (C=O) groups is 1. The zero-order valence-corrected chi connectivity index (χ0v) is 16.9. The second kappa shape index (κ2) is 7.41. The first-order chi connectivity index (χ1) is 13.5. The van der Waals surface area contributed by atoms with Gasteiger partial charge in [0.1, 0.15) is 0 Å². The smallest absolute Gasteiger partial charge is 0.291 e. The number of aromatic nitrogens is 3. The number of benzene rings is 2. The van der Waals surface area contributed by atoms with Crippen molar-refractivity contribution in [3.63, 3.8) is 0 Å². The first-order valence-electron chi connectivity index (χ1n) is 8.85. The van der Waals surface area contributed by atoms with Crippen LogP contribution in [0.25, 0.3) is 11.3 Å². The van der Waals surface area contributed by atoms with E-state index >= 15 is 0 Å². The molecule has 0 aliphatic carbocycles. The van der Waals surface area contributed by atoms with E-state index in [9.17, 15) is 9.59 Å². The summed E-state index contributed by atoms with van der Waals surface area (Å²) in [4.78, 5) is 30.2. The van der Waals surface area contributed by atoms with Gasteiger partial charge in [-0.3, -0.25) is 14.6 Å². The molecule has 0 bridgehead atoms. The molecule has 1 atom stereocenters. The zero-order valence-electron chi connectivity index (χ0n) is 15.3. The third kappa shape index (κ3) is 3.00. The number of nitrogens with zero attached hydrogens (tertiary/aromatic N) is 3. The topological polar surface area (TPSA) is 69.9 Å². The number of hydrogen-bond acceptors (Lipinski definition) is 4. The van der Waals surface area contributed by atoms with Crippen molar-refractivity contribution in [3.8, 4) is 11.3 Å². The van der Waals surface area contributed by atoms with Gasteiger partial charge < -0.3 is 0 Å². The van der Waals surface area contributed by atoms with E-state index in [1.807, 2.05) is 49.4 Å². The van der Waals surface area contributed by atoms with Crippen molar-refractivity contribution in [2.75, 3.05) is 10.7 Å². The van der Waals surface area contributed by atoms with Crippen LogP contribution in [0.15, 0.2) is 58.5 Å². The lowest BCUT2D eigenvalue weighted by Crippen LogP contribution is -2.60. The third-order valence-corrected chi connectivity index (χ3v) is 5.65. The number of para-hydroxylation sites is 1. The van der Waals surface area contributed by atoms with E-state index in [0.717, 1.165) is 5.75 Å². The highest BCUT2D eigenvalue weighted by molar-refractivity contribution is 7.99. The van der Waals surface area contributed by atoms with E-state index in [-0.39, 0.29) is 11.5 Å². The lowest BCUT2D eigenvalue weighted by atomic mass is 10.0. The highest BCUT2D eigenvalue weighted by Gasteiger charge is 2.45. The Labute approximate surface area is 171 Å². The van der Waals surface area contributed by atoms with Crippen molar-refractivity contribution >= 4 is 35.0 Å². The number of rotatable bonds is 3. The van der Waals surface area contributed by atoms with Crippen LogP contribution < -0.4 is 15.1 Å². The fourth-order valence-electron chi connectivity index (χ4n) is 3.48. The Morgan fingerprint density at radius 2 is 1.96 bits per heavy atom. The van der Waals surface area contributed by atoms with Crippen LogP contribution in [0.5, 0.6) is 0 Å². The van der Waals surface area contributed by atoms with E-state index in [2.05, 4.69) is 10.1 Å². The molecule has 1 amide bonds. The number of fused-ring (bicyclic) bond motifs is 3. The standard InChI is InChI=1S/C20H17ClN4O2S/c1-3-28-20-22-18(27)17-14-9-5-7-11-16(14)24(12(2)26)19(25(17)23-20)13-8-4-6-10-15(13)21/h4-11,19H,3H2,1-2H3/p+1/t19-/m0/s1. The van der Waals surface area contributed by atoms with Gasteiger partial charge in [0.25, 0.3) is 6.17 Å². The molecule has 1 aliphatic rings. The average Bonchev–Trinajstić information content (AvgIpc) is 2.67. The Bertz CT molecular complexity index is 1130. The SMILES string of the molecule is CCSc1n[n+]2c(c(=O)[nH]1)-c1ccccc1N(C(C)=O)[C@@H]2c1ccccc1Cl. The summed E-state index contributed by atoms with van der Waals surface area (Å²) >= 11 is 7.92. The second-order valence-electron chi connectivity index (χ2n) is 6.29. The molecule has 142 valence electrons. The van der Waals surface area contributed by atoms with Crippen molar-refractivity contribution in [3.05, 3.63) is 69.5 Å². The molecule has 6 nitrogen and oxygen atoms in total. The number of carbonyl (C=O) groups excluding carboxylic acids is 1. The summed E-state index contributed by atoms with van der Waals surface area (Å²) in [6, 6.07) is 14.6. The van der Waals surface area contributed by atoms with Crippen LogP contribution in [0.3, 0.4) is 0 Å². The molecule has 2 aromatic carbocycles. The van der Waals surface area contributed by atoms with Gasteiger partial charge in [0, 0.05) is 12.0 Å². The summed E-state index contributed by atoms with van der Waals surface area (Å²) in [5.74, 6) is 0.591. The predicted octanol–water partition coefficient (Wildman–Crippen LogP) is 3.40. The minimum atomic E-state index is -0.658. The van der Waals surface area contributed by atoms with Crippen LogP contribution in [-0.2, 0) is 4.79 Å². The van der Waals surface area contributed by atoms with Gasteiger partial charge in [-0.05, 0) is 34.7 Å². The Kier molecular flexibility index (Phi) is 4.95. The van der Waals surface area contributed by atoms with Crippen molar-refractivity contribution in [2.24, 2.45) is 0 Å². The Hall–Kier alpha value is -2.64. The number of aromatic amines is 1. The second-order valence-corrected chi connectivity index (χ2v) is 7.95. The molecule has 1 aromatic heterocycles. The fraction of sp³-hybridized carbons (Fsp3) is 0.200. The maximum Gasteiger partial charge on any atom is 0.325 e. The molecule has 28 heavy (non-hydrogen) atoms. The van der Waals surface area contributed by atoms with Crippen LogP contribution in [0.2, 0.25) is 5.02 Å². The monoisotopic (exact) mass is 413 g/mol. The summed E-state index contributed by atoms with van der Waals surface area (Å²) in [6.07, 6.45) is -0.658. The maximum absolute atomic E-state index is 13.0. The molecule has 0 fully saturated rings. The van der Waals surface area contributed by atoms with Crippen LogP contribution in [-0.4, -0.2) is 21.7 Å². The highest BCUT2D eigenvalue weighted by atomic mass is 35.5. The minimum Gasteiger partial charge on any atom is -0.291 e. The predicted molar refractivity (Wildman–Crippen MR) is 110 cm³/mol. The number of amides is 1. The number of nitrogens with one attached hydrogen (secondary N) is 1. The van der Waals surface area contributed by atoms with Crippen LogP contribution in [0.1, 0.15) is 25.6 Å². The molecule has 0 saturated heterocycles. The fourth-order valence-corrected chi connectivity index (χ4v) is 4.30. The van der Waals surface area contributed by atoms with E-state index in [1.165, 1.54) is 18.7 Å². The summed E-state index contributed by atoms with van der Waals surface area (Å²) in [7, 11) is 0. The number of H-pyrrole nitrogens is 1. The van der Waals surface area contributed by atoms with Gasteiger partial charge in [-0.25, -0.2) is 4.90 Å². The molecule has 0 unspecified atom stereocenters. The van der Waals surface area contributed by atoms with Crippen molar-refractivity contribution in [1.29, 1.82) is 0 Å². The Morgan fingerprint density at radius 1 is 1.25 bits per heavy atom. The van der Waals surface area contributed by atoms with Gasteiger partial charge >= 0.3 is 11.3 Å². The molecular weight excluding hydrogens is 396 g/mol. The largest absolute Gasteiger partial charge is 0.325 e. The van der Waals surface area contributed by atoms with Gasteiger partial charge in [0.2, 0.25) is 11.1 Å². The summed E-state index contributed by atoms with van der Waals surface area (Å²) in [6.45, 7) is 3.48. The Morgan fingerprint density at radius 3 is 2.68 bits per heavy atom. The summed E-state index contributed by atoms with van der Waals surface area (Å²) in [5, 5.41) is 5.67. The van der Waals surface area contributed by atoms with Crippen LogP contribution >= 0.6 is 23.4 Å².